The molecule has 1 N–H and O–H groups in total. The highest BCUT2D eigenvalue weighted by Crippen LogP contribution is 2.22. The Kier molecular flexibility index (Phi) is 6.81. The van der Waals surface area contributed by atoms with Gasteiger partial charge in [0.2, 0.25) is 0 Å². The third kappa shape index (κ3) is 5.31. The van der Waals surface area contributed by atoms with Crippen LogP contribution in [-0.4, -0.2) is 49.7 Å². The predicted molar refractivity (Wildman–Crippen MR) is 132 cm³/mol. The van der Waals surface area contributed by atoms with Crippen LogP contribution in [0.25, 0.3) is 22.6 Å². The third-order valence-electron chi connectivity index (χ3n) is 6.36. The highest BCUT2D eigenvalue weighted by Gasteiger charge is 2.23. The van der Waals surface area contributed by atoms with E-state index in [1.165, 1.54) is 24.4 Å². The second-order valence-electron chi connectivity index (χ2n) is 8.92. The van der Waals surface area contributed by atoms with Crippen molar-refractivity contribution in [3.63, 3.8) is 0 Å². The van der Waals surface area contributed by atoms with E-state index < -0.39 is 0 Å². The number of aromatic nitrogens is 4. The summed E-state index contributed by atoms with van der Waals surface area (Å²) in [5, 5.41) is 7.55. The van der Waals surface area contributed by atoms with E-state index in [1.54, 1.807) is 54.2 Å². The number of likely N-dealkylation sites (tertiary alicyclic amines) is 1. The van der Waals surface area contributed by atoms with Crippen LogP contribution in [0.1, 0.15) is 29.0 Å². The van der Waals surface area contributed by atoms with E-state index in [0.717, 1.165) is 25.9 Å². The lowest BCUT2D eigenvalue weighted by atomic mass is 10.0. The molecule has 0 radical (unpaired) electrons. The number of nitrogens with zero attached hydrogens (tertiary/aromatic N) is 5. The van der Waals surface area contributed by atoms with E-state index in [0.29, 0.717) is 40.6 Å². The molecule has 0 bridgehead atoms. The maximum Gasteiger partial charge on any atom is 0.253 e. The minimum Gasteiger partial charge on any atom is -0.349 e. The molecule has 184 valence electrons. The first-order valence-corrected chi connectivity index (χ1v) is 11.9. The second-order valence-corrected chi connectivity index (χ2v) is 8.92. The fourth-order valence-electron chi connectivity index (χ4n) is 4.43. The van der Waals surface area contributed by atoms with E-state index in [4.69, 9.17) is 0 Å². The zero-order chi connectivity index (χ0) is 25.1. The smallest absolute Gasteiger partial charge is 0.253 e. The number of rotatable bonds is 6. The Hall–Kier alpha value is -3.98. The molecule has 3 heterocycles. The number of amides is 1. The number of halogens is 2. The number of carbonyl (C=O) groups excluding carboxylic acids is 1. The second kappa shape index (κ2) is 10.3. The fraction of sp³-hybridized carbons (Fsp3) is 0.259. The molecule has 2 aromatic heterocycles. The van der Waals surface area contributed by atoms with E-state index in [9.17, 15) is 13.6 Å². The van der Waals surface area contributed by atoms with Crippen molar-refractivity contribution in [1.82, 2.24) is 30.0 Å². The van der Waals surface area contributed by atoms with Crippen molar-refractivity contribution in [1.29, 1.82) is 0 Å². The van der Waals surface area contributed by atoms with Crippen molar-refractivity contribution < 1.29 is 13.6 Å². The molecule has 0 spiro atoms. The summed E-state index contributed by atoms with van der Waals surface area (Å²) in [6.45, 7) is 2.14. The first kappa shape index (κ1) is 23.7. The molecule has 1 saturated heterocycles. The zero-order valence-electron chi connectivity index (χ0n) is 19.9. The summed E-state index contributed by atoms with van der Waals surface area (Å²) in [6, 6.07) is 16.2. The van der Waals surface area contributed by atoms with Gasteiger partial charge in [0.25, 0.3) is 5.91 Å². The van der Waals surface area contributed by atoms with Crippen LogP contribution in [0.2, 0.25) is 0 Å². The number of aryl methyl sites for hydroxylation is 1. The largest absolute Gasteiger partial charge is 0.349 e. The van der Waals surface area contributed by atoms with E-state index in [-0.39, 0.29) is 23.6 Å². The van der Waals surface area contributed by atoms with Gasteiger partial charge in [-0.15, -0.1) is 0 Å². The Morgan fingerprint density at radius 3 is 2.58 bits per heavy atom. The normalized spacial score (nSPS) is 14.6. The summed E-state index contributed by atoms with van der Waals surface area (Å²) in [7, 11) is 1.76. The van der Waals surface area contributed by atoms with Crippen LogP contribution in [0.3, 0.4) is 0 Å². The molecule has 1 fully saturated rings. The van der Waals surface area contributed by atoms with Crippen molar-refractivity contribution in [2.45, 2.75) is 25.4 Å². The fourth-order valence-corrected chi connectivity index (χ4v) is 4.43. The van der Waals surface area contributed by atoms with E-state index >= 15 is 0 Å². The molecule has 7 nitrogen and oxygen atoms in total. The van der Waals surface area contributed by atoms with Gasteiger partial charge in [-0.1, -0.05) is 24.3 Å². The number of hydrogen-bond donors (Lipinski definition) is 1. The molecule has 2 aromatic carbocycles. The molecule has 0 atom stereocenters. The molecule has 4 aromatic rings. The van der Waals surface area contributed by atoms with Crippen LogP contribution in [0.15, 0.2) is 66.9 Å². The van der Waals surface area contributed by atoms with Gasteiger partial charge in [0, 0.05) is 37.9 Å². The highest BCUT2D eigenvalue weighted by molar-refractivity contribution is 5.94. The van der Waals surface area contributed by atoms with Crippen LogP contribution in [0.5, 0.6) is 0 Å². The topological polar surface area (TPSA) is 75.9 Å². The number of nitrogens with one attached hydrogen (secondary N) is 1. The minimum atomic E-state index is -0.327. The lowest BCUT2D eigenvalue weighted by molar-refractivity contribution is 0.0907. The van der Waals surface area contributed by atoms with Gasteiger partial charge in [-0.3, -0.25) is 14.7 Å². The van der Waals surface area contributed by atoms with Crippen LogP contribution in [0, 0.1) is 11.6 Å². The van der Waals surface area contributed by atoms with Gasteiger partial charge < -0.3 is 5.32 Å². The average molecular weight is 489 g/mol. The Balaban J connectivity index is 1.14. The summed E-state index contributed by atoms with van der Waals surface area (Å²) >= 11 is 0. The number of benzene rings is 2. The van der Waals surface area contributed by atoms with Crippen molar-refractivity contribution in [2.24, 2.45) is 7.05 Å². The lowest BCUT2D eigenvalue weighted by Crippen LogP contribution is -2.44. The number of pyridine rings is 1. The Morgan fingerprint density at radius 1 is 1.06 bits per heavy atom. The van der Waals surface area contributed by atoms with Crippen molar-refractivity contribution >= 4 is 5.91 Å². The lowest BCUT2D eigenvalue weighted by Gasteiger charge is -2.31. The molecule has 1 amide bonds. The number of carbonyl (C=O) groups is 1. The Labute approximate surface area is 207 Å². The van der Waals surface area contributed by atoms with Crippen molar-refractivity contribution in [3.05, 3.63) is 89.9 Å². The molecule has 9 heteroatoms. The van der Waals surface area contributed by atoms with E-state index in [1.807, 2.05) is 0 Å². The first-order chi connectivity index (χ1) is 17.5. The predicted octanol–water partition coefficient (Wildman–Crippen LogP) is 4.22. The highest BCUT2D eigenvalue weighted by atomic mass is 19.1. The maximum absolute atomic E-state index is 14.2. The van der Waals surface area contributed by atoms with Crippen LogP contribution < -0.4 is 5.32 Å². The maximum atomic E-state index is 14.2. The standard InChI is InChI=1S/C27H26F2N6O/c1-34-26(22-7-2-3-8-23(22)29)32-25(33-34)17-35-13-11-21(12-14-35)31-27(36)19-9-10-24(30-16-19)18-5-4-6-20(28)15-18/h2-10,15-16,21H,11-14,17H2,1H3,(H,31,36). The third-order valence-corrected chi connectivity index (χ3v) is 6.36. The number of piperidine rings is 1. The van der Waals surface area contributed by atoms with Crippen LogP contribution in [-0.2, 0) is 13.6 Å². The SMILES string of the molecule is Cn1nc(CN2CCC(NC(=O)c3ccc(-c4cccc(F)c4)nc3)CC2)nc1-c1ccccc1F. The van der Waals surface area contributed by atoms with Crippen LogP contribution >= 0.6 is 0 Å². The summed E-state index contributed by atoms with van der Waals surface area (Å²) in [4.78, 5) is 23.8. The van der Waals surface area contributed by atoms with Gasteiger partial charge in [0.1, 0.15) is 11.6 Å². The van der Waals surface area contributed by atoms with Gasteiger partial charge in [-0.25, -0.2) is 18.4 Å². The van der Waals surface area contributed by atoms with Crippen molar-refractivity contribution in [2.75, 3.05) is 13.1 Å². The van der Waals surface area contributed by atoms with Gasteiger partial charge >= 0.3 is 0 Å². The molecule has 0 aliphatic carbocycles. The summed E-state index contributed by atoms with van der Waals surface area (Å²) in [5.74, 6) is 0.319. The Bertz CT molecular complexity index is 1360. The monoisotopic (exact) mass is 488 g/mol. The molecule has 5 rings (SSSR count). The molecular formula is C27H26F2N6O. The Morgan fingerprint density at radius 2 is 1.86 bits per heavy atom. The summed E-state index contributed by atoms with van der Waals surface area (Å²) < 4.78 is 29.2. The van der Waals surface area contributed by atoms with Gasteiger partial charge in [-0.05, 0) is 49.2 Å². The molecule has 1 aliphatic rings. The van der Waals surface area contributed by atoms with Crippen molar-refractivity contribution in [3.8, 4) is 22.6 Å². The van der Waals surface area contributed by atoms with Gasteiger partial charge in [-0.2, -0.15) is 5.10 Å². The molecule has 0 unspecified atom stereocenters. The molecule has 1 aliphatic heterocycles. The number of hydrogen-bond acceptors (Lipinski definition) is 5. The van der Waals surface area contributed by atoms with E-state index in [2.05, 4.69) is 25.3 Å². The molecule has 0 saturated carbocycles. The molecule has 36 heavy (non-hydrogen) atoms. The minimum absolute atomic E-state index is 0.0577. The summed E-state index contributed by atoms with van der Waals surface area (Å²) in [6.07, 6.45) is 3.12. The molecular weight excluding hydrogens is 462 g/mol. The van der Waals surface area contributed by atoms with Crippen LogP contribution in [0.4, 0.5) is 8.78 Å². The first-order valence-electron chi connectivity index (χ1n) is 11.9. The quantitative estimate of drug-likeness (QED) is 0.440. The van der Waals surface area contributed by atoms with Gasteiger partial charge in [0.15, 0.2) is 11.6 Å². The average Bonchev–Trinajstić information content (AvgIpc) is 3.25. The summed E-state index contributed by atoms with van der Waals surface area (Å²) in [5.41, 5.74) is 2.17. The zero-order valence-corrected chi connectivity index (χ0v) is 19.9. The van der Waals surface area contributed by atoms with Gasteiger partial charge in [0.05, 0.1) is 23.4 Å².